The van der Waals surface area contributed by atoms with Crippen LogP contribution >= 0.6 is 0 Å². The maximum atomic E-state index is 12.9. The van der Waals surface area contributed by atoms with Gasteiger partial charge in [0.2, 0.25) is 5.91 Å². The molecule has 0 unspecified atom stereocenters. The minimum atomic E-state index is 0.0180. The number of hydrogen-bond donors (Lipinski definition) is 0. The first-order chi connectivity index (χ1) is 14.5. The number of amides is 1. The van der Waals surface area contributed by atoms with Gasteiger partial charge >= 0.3 is 0 Å². The third-order valence-electron chi connectivity index (χ3n) is 5.18. The molecule has 0 atom stereocenters. The van der Waals surface area contributed by atoms with Gasteiger partial charge in [-0.15, -0.1) is 0 Å². The van der Waals surface area contributed by atoms with Gasteiger partial charge in [-0.1, -0.05) is 12.1 Å². The van der Waals surface area contributed by atoms with Crippen molar-refractivity contribution in [2.75, 3.05) is 36.5 Å². The van der Waals surface area contributed by atoms with Crippen molar-refractivity contribution < 1.29 is 14.3 Å². The highest BCUT2D eigenvalue weighted by Gasteiger charge is 2.28. The van der Waals surface area contributed by atoms with Gasteiger partial charge in [-0.3, -0.25) is 14.5 Å². The topological polar surface area (TPSA) is 75.6 Å². The van der Waals surface area contributed by atoms with E-state index in [0.717, 1.165) is 16.9 Å². The molecule has 2 heterocycles. The van der Waals surface area contributed by atoms with Gasteiger partial charge in [0, 0.05) is 32.1 Å². The highest BCUT2D eigenvalue weighted by Crippen LogP contribution is 2.31. The summed E-state index contributed by atoms with van der Waals surface area (Å²) in [5.74, 6) is 2.08. The number of hydrogen-bond acceptors (Lipinski definition) is 6. The molecule has 0 saturated carbocycles. The molecular weight excluding hydrogens is 380 g/mol. The van der Waals surface area contributed by atoms with E-state index in [0.29, 0.717) is 49.7 Å². The van der Waals surface area contributed by atoms with E-state index in [9.17, 15) is 9.59 Å². The summed E-state index contributed by atoms with van der Waals surface area (Å²) in [5.41, 5.74) is 2.25. The van der Waals surface area contributed by atoms with Crippen molar-refractivity contribution in [2.45, 2.75) is 19.8 Å². The Labute approximate surface area is 175 Å². The molecule has 3 aromatic rings. The third kappa shape index (κ3) is 4.10. The van der Waals surface area contributed by atoms with E-state index in [-0.39, 0.29) is 11.7 Å². The Bertz CT molecular complexity index is 1080. The number of likely N-dealkylation sites (N-methyl/N-ethyl adjacent to an activating group) is 1. The van der Waals surface area contributed by atoms with Crippen LogP contribution < -0.4 is 14.5 Å². The third-order valence-corrected chi connectivity index (χ3v) is 5.18. The molecule has 1 amide bonds. The molecule has 0 fully saturated rings. The number of para-hydroxylation sites is 2. The Hall–Kier alpha value is -3.48. The Morgan fingerprint density at radius 3 is 2.30 bits per heavy atom. The number of aromatic nitrogens is 2. The number of fused-ring (bicyclic) bond motifs is 2. The molecule has 154 valence electrons. The van der Waals surface area contributed by atoms with Crippen LogP contribution in [0.1, 0.15) is 30.1 Å². The fourth-order valence-electron chi connectivity index (χ4n) is 3.46. The lowest BCUT2D eigenvalue weighted by atomic mass is 10.1. The van der Waals surface area contributed by atoms with Crippen molar-refractivity contribution >= 4 is 34.4 Å². The molecule has 1 aromatic heterocycles. The lowest BCUT2D eigenvalue weighted by molar-refractivity contribution is -0.118. The van der Waals surface area contributed by atoms with Gasteiger partial charge in [0.05, 0.1) is 17.6 Å². The van der Waals surface area contributed by atoms with Crippen LogP contribution in [0.15, 0.2) is 48.5 Å². The first-order valence-electron chi connectivity index (χ1n) is 10.0. The summed E-state index contributed by atoms with van der Waals surface area (Å²) in [7, 11) is 1.97. The van der Waals surface area contributed by atoms with Crippen LogP contribution in [0, 0.1) is 0 Å². The molecule has 7 heteroatoms. The van der Waals surface area contributed by atoms with E-state index in [1.165, 1.54) is 6.92 Å². The van der Waals surface area contributed by atoms with Crippen LogP contribution in [-0.2, 0) is 4.79 Å². The maximum absolute atomic E-state index is 12.9. The van der Waals surface area contributed by atoms with Crippen molar-refractivity contribution in [3.8, 4) is 5.75 Å². The van der Waals surface area contributed by atoms with E-state index < -0.39 is 0 Å². The number of anilines is 2. The number of ketones is 1. The van der Waals surface area contributed by atoms with Gasteiger partial charge in [0.1, 0.15) is 5.75 Å². The van der Waals surface area contributed by atoms with Crippen LogP contribution in [0.3, 0.4) is 0 Å². The minimum absolute atomic E-state index is 0.0180. The molecule has 1 aliphatic rings. The van der Waals surface area contributed by atoms with Gasteiger partial charge in [-0.05, 0) is 49.7 Å². The quantitative estimate of drug-likeness (QED) is 0.463. The number of ether oxygens (including phenoxy) is 1. The fourth-order valence-corrected chi connectivity index (χ4v) is 3.46. The van der Waals surface area contributed by atoms with E-state index >= 15 is 0 Å². The zero-order valence-corrected chi connectivity index (χ0v) is 17.2. The number of carbonyl (C=O) groups is 2. The average Bonchev–Trinajstić information content (AvgIpc) is 2.76. The van der Waals surface area contributed by atoms with E-state index in [2.05, 4.69) is 0 Å². The lowest BCUT2D eigenvalue weighted by Gasteiger charge is -2.33. The summed E-state index contributed by atoms with van der Waals surface area (Å²) in [6, 6.07) is 14.7. The van der Waals surface area contributed by atoms with Crippen molar-refractivity contribution in [1.29, 1.82) is 0 Å². The minimum Gasteiger partial charge on any atom is -0.494 e. The van der Waals surface area contributed by atoms with Gasteiger partial charge in [-0.2, -0.15) is 0 Å². The highest BCUT2D eigenvalue weighted by atomic mass is 16.5. The summed E-state index contributed by atoms with van der Waals surface area (Å²) in [6.07, 6.45) is 0.958. The molecule has 0 saturated heterocycles. The molecule has 0 spiro atoms. The maximum Gasteiger partial charge on any atom is 0.228 e. The molecule has 4 rings (SSSR count). The average molecular weight is 404 g/mol. The Morgan fingerprint density at radius 2 is 1.63 bits per heavy atom. The standard InChI is InChI=1S/C23H24N4O3/c1-16(28)17-9-11-18(12-10-17)30-15-5-8-21(29)27-14-13-26(2)22-23(27)25-20-7-4-3-6-19(20)24-22/h3-4,6-7,9-12H,5,8,13-15H2,1-2H3. The Morgan fingerprint density at radius 1 is 0.967 bits per heavy atom. The van der Waals surface area contributed by atoms with E-state index in [4.69, 9.17) is 14.7 Å². The molecule has 0 radical (unpaired) electrons. The first-order valence-corrected chi connectivity index (χ1v) is 10.0. The van der Waals surface area contributed by atoms with E-state index in [1.54, 1.807) is 29.2 Å². The number of carbonyl (C=O) groups excluding carboxylic acids is 2. The fraction of sp³-hybridized carbons (Fsp3) is 0.304. The molecule has 0 bridgehead atoms. The lowest BCUT2D eigenvalue weighted by Crippen LogP contribution is -2.43. The molecule has 0 aliphatic carbocycles. The second-order valence-corrected chi connectivity index (χ2v) is 7.36. The van der Waals surface area contributed by atoms with Crippen LogP contribution in [0.25, 0.3) is 11.0 Å². The zero-order chi connectivity index (χ0) is 21.1. The summed E-state index contributed by atoms with van der Waals surface area (Å²) < 4.78 is 5.70. The van der Waals surface area contributed by atoms with Gasteiger partial charge in [0.25, 0.3) is 0 Å². The Balaban J connectivity index is 1.39. The SMILES string of the molecule is CC(=O)c1ccc(OCCCC(=O)N2CCN(C)c3nc4ccccc4nc32)cc1. The van der Waals surface area contributed by atoms with Crippen molar-refractivity contribution in [1.82, 2.24) is 9.97 Å². The van der Waals surface area contributed by atoms with E-state index in [1.807, 2.05) is 36.2 Å². The molecule has 30 heavy (non-hydrogen) atoms. The second-order valence-electron chi connectivity index (χ2n) is 7.36. The van der Waals surface area contributed by atoms with Gasteiger partial charge in [0.15, 0.2) is 17.4 Å². The summed E-state index contributed by atoms with van der Waals surface area (Å²) in [4.78, 5) is 37.4. The smallest absolute Gasteiger partial charge is 0.228 e. The summed E-state index contributed by atoms with van der Waals surface area (Å²) in [5, 5.41) is 0. The predicted molar refractivity (Wildman–Crippen MR) is 116 cm³/mol. The molecule has 0 N–H and O–H groups in total. The zero-order valence-electron chi connectivity index (χ0n) is 17.2. The first kappa shape index (κ1) is 19.8. The van der Waals surface area contributed by atoms with Gasteiger partial charge < -0.3 is 9.64 Å². The molecular formula is C23H24N4O3. The number of benzene rings is 2. The molecule has 2 aromatic carbocycles. The summed E-state index contributed by atoms with van der Waals surface area (Å²) >= 11 is 0. The van der Waals surface area contributed by atoms with Crippen LogP contribution in [0.4, 0.5) is 11.6 Å². The van der Waals surface area contributed by atoms with Crippen molar-refractivity contribution in [2.24, 2.45) is 0 Å². The van der Waals surface area contributed by atoms with Crippen LogP contribution in [0.2, 0.25) is 0 Å². The highest BCUT2D eigenvalue weighted by molar-refractivity contribution is 5.97. The van der Waals surface area contributed by atoms with Crippen LogP contribution in [-0.4, -0.2) is 48.4 Å². The normalized spacial score (nSPS) is 13.3. The Kier molecular flexibility index (Phi) is 5.61. The monoisotopic (exact) mass is 404 g/mol. The largest absolute Gasteiger partial charge is 0.494 e. The van der Waals surface area contributed by atoms with Gasteiger partial charge in [-0.25, -0.2) is 9.97 Å². The molecule has 7 nitrogen and oxygen atoms in total. The second kappa shape index (κ2) is 8.49. The van der Waals surface area contributed by atoms with Crippen molar-refractivity contribution in [3.05, 3.63) is 54.1 Å². The number of Topliss-reactive ketones (excluding diaryl/α,β-unsaturated/α-hetero) is 1. The van der Waals surface area contributed by atoms with Crippen LogP contribution in [0.5, 0.6) is 5.75 Å². The summed E-state index contributed by atoms with van der Waals surface area (Å²) in [6.45, 7) is 3.26. The molecule has 1 aliphatic heterocycles. The number of nitrogens with zero attached hydrogens (tertiary/aromatic N) is 4. The number of rotatable bonds is 6. The van der Waals surface area contributed by atoms with Crippen molar-refractivity contribution in [3.63, 3.8) is 0 Å². The predicted octanol–water partition coefficient (Wildman–Crippen LogP) is 3.47.